The molecule has 1 aromatic heterocycles. The average Bonchev–Trinajstić information content (AvgIpc) is 3.33. The van der Waals surface area contributed by atoms with Crippen LogP contribution in [0.3, 0.4) is 0 Å². The number of fused-ring (bicyclic) bond motifs is 1. The zero-order valence-corrected chi connectivity index (χ0v) is 17.6. The number of hydrogen-bond acceptors (Lipinski definition) is 4. The lowest BCUT2D eigenvalue weighted by atomic mass is 10.0. The molecule has 1 aliphatic rings. The number of likely N-dealkylation sites (tertiary alicyclic amines) is 1. The molecule has 0 saturated carbocycles. The Balaban J connectivity index is 1.57. The molecule has 0 unspecified atom stereocenters. The van der Waals surface area contributed by atoms with Gasteiger partial charge in [0, 0.05) is 24.0 Å². The van der Waals surface area contributed by atoms with E-state index >= 15 is 0 Å². The van der Waals surface area contributed by atoms with Gasteiger partial charge in [-0.15, -0.1) is 0 Å². The minimum atomic E-state index is 0.105. The maximum absolute atomic E-state index is 13.2. The van der Waals surface area contributed by atoms with E-state index < -0.39 is 0 Å². The summed E-state index contributed by atoms with van der Waals surface area (Å²) in [5, 5.41) is 4.21. The van der Waals surface area contributed by atoms with Gasteiger partial charge in [-0.1, -0.05) is 25.1 Å². The molecule has 0 aliphatic carbocycles. The molecule has 0 radical (unpaired) electrons. The van der Waals surface area contributed by atoms with Gasteiger partial charge in [-0.05, 0) is 68.8 Å². The van der Waals surface area contributed by atoms with Crippen molar-refractivity contribution in [1.29, 1.82) is 0 Å². The zero-order chi connectivity index (χ0) is 20.8. The lowest BCUT2D eigenvalue weighted by molar-refractivity contribution is 0.0794. The minimum absolute atomic E-state index is 0.105. The van der Waals surface area contributed by atoms with Gasteiger partial charge in [0.05, 0.1) is 23.4 Å². The Morgan fingerprint density at radius 3 is 2.63 bits per heavy atom. The van der Waals surface area contributed by atoms with Crippen LogP contribution in [0.25, 0.3) is 22.2 Å². The summed E-state index contributed by atoms with van der Waals surface area (Å²) in [7, 11) is 0. The van der Waals surface area contributed by atoms with E-state index in [9.17, 15) is 4.79 Å². The third-order valence-electron chi connectivity index (χ3n) is 5.51. The van der Waals surface area contributed by atoms with Crippen LogP contribution in [0.2, 0.25) is 0 Å². The number of hydrogen-bond donors (Lipinski definition) is 1. The third kappa shape index (κ3) is 4.62. The summed E-state index contributed by atoms with van der Waals surface area (Å²) in [6.45, 7) is 6.41. The van der Waals surface area contributed by atoms with Gasteiger partial charge in [0.15, 0.2) is 0 Å². The Bertz CT molecular complexity index is 995. The number of benzene rings is 2. The number of nitrogens with zero attached hydrogens (tertiary/aromatic N) is 2. The summed E-state index contributed by atoms with van der Waals surface area (Å²) >= 11 is 0. The van der Waals surface area contributed by atoms with Crippen molar-refractivity contribution in [3.63, 3.8) is 0 Å². The summed E-state index contributed by atoms with van der Waals surface area (Å²) in [5.41, 5.74) is 3.38. The second-order valence-corrected chi connectivity index (χ2v) is 7.65. The molecular weight excluding hydrogens is 374 g/mol. The van der Waals surface area contributed by atoms with Crippen molar-refractivity contribution in [3.05, 3.63) is 60.2 Å². The molecule has 156 valence electrons. The predicted octanol–water partition coefficient (Wildman–Crippen LogP) is 4.52. The van der Waals surface area contributed by atoms with Crippen molar-refractivity contribution >= 4 is 16.8 Å². The van der Waals surface area contributed by atoms with Gasteiger partial charge in [0.2, 0.25) is 0 Å². The number of nitrogens with one attached hydrogen (secondary N) is 1. The van der Waals surface area contributed by atoms with Crippen molar-refractivity contribution in [2.45, 2.75) is 26.2 Å². The van der Waals surface area contributed by atoms with E-state index in [1.54, 1.807) is 0 Å². The van der Waals surface area contributed by atoms with Crippen LogP contribution < -0.4 is 10.1 Å². The highest BCUT2D eigenvalue weighted by Gasteiger charge is 2.22. The smallest absolute Gasteiger partial charge is 0.254 e. The van der Waals surface area contributed by atoms with Crippen LogP contribution in [0.4, 0.5) is 0 Å². The van der Waals surface area contributed by atoms with Crippen LogP contribution in [0.15, 0.2) is 54.6 Å². The molecular formula is C25H29N3O2. The van der Waals surface area contributed by atoms with Crippen LogP contribution in [0, 0.1) is 0 Å². The second kappa shape index (κ2) is 9.72. The minimum Gasteiger partial charge on any atom is -0.494 e. The van der Waals surface area contributed by atoms with Crippen LogP contribution >= 0.6 is 0 Å². The Morgan fingerprint density at radius 2 is 1.87 bits per heavy atom. The Morgan fingerprint density at radius 1 is 1.10 bits per heavy atom. The van der Waals surface area contributed by atoms with Gasteiger partial charge in [0.1, 0.15) is 5.75 Å². The molecule has 1 amide bonds. The fourth-order valence-corrected chi connectivity index (χ4v) is 3.88. The Labute approximate surface area is 178 Å². The van der Waals surface area contributed by atoms with Crippen molar-refractivity contribution in [2.24, 2.45) is 0 Å². The molecule has 0 bridgehead atoms. The van der Waals surface area contributed by atoms with E-state index in [0.29, 0.717) is 6.61 Å². The standard InChI is InChI=1S/C25H29N3O2/c1-2-26-14-7-17-30-20-12-10-19(11-13-20)24-18-22(25(29)28-15-5-6-16-28)21-8-3-4-9-23(21)27-24/h3-4,8-13,18,26H,2,5-7,14-17H2,1H3. The second-order valence-electron chi connectivity index (χ2n) is 7.65. The van der Waals surface area contributed by atoms with Crippen LogP contribution in [0.5, 0.6) is 5.75 Å². The van der Waals surface area contributed by atoms with Crippen molar-refractivity contribution in [1.82, 2.24) is 15.2 Å². The summed E-state index contributed by atoms with van der Waals surface area (Å²) in [5.74, 6) is 0.956. The number of carbonyl (C=O) groups excluding carboxylic acids is 1. The molecule has 2 heterocycles. The fourth-order valence-electron chi connectivity index (χ4n) is 3.88. The highest BCUT2D eigenvalue weighted by atomic mass is 16.5. The van der Waals surface area contributed by atoms with Gasteiger partial charge < -0.3 is 15.0 Å². The van der Waals surface area contributed by atoms with Gasteiger partial charge in [-0.25, -0.2) is 4.98 Å². The monoisotopic (exact) mass is 403 g/mol. The summed E-state index contributed by atoms with van der Waals surface area (Å²) in [6.07, 6.45) is 3.14. The Hall–Kier alpha value is -2.92. The molecule has 4 rings (SSSR count). The van der Waals surface area contributed by atoms with Crippen LogP contribution in [0.1, 0.15) is 36.5 Å². The van der Waals surface area contributed by atoms with Crippen LogP contribution in [-0.4, -0.2) is 48.6 Å². The van der Waals surface area contributed by atoms with Gasteiger partial charge in [0.25, 0.3) is 5.91 Å². The number of amides is 1. The highest BCUT2D eigenvalue weighted by Crippen LogP contribution is 2.28. The summed E-state index contributed by atoms with van der Waals surface area (Å²) < 4.78 is 5.82. The third-order valence-corrected chi connectivity index (χ3v) is 5.51. The van der Waals surface area contributed by atoms with E-state index in [0.717, 1.165) is 78.9 Å². The zero-order valence-electron chi connectivity index (χ0n) is 17.6. The lowest BCUT2D eigenvalue weighted by Gasteiger charge is -2.17. The fraction of sp³-hybridized carbons (Fsp3) is 0.360. The maximum atomic E-state index is 13.2. The number of rotatable bonds is 8. The van der Waals surface area contributed by atoms with E-state index in [1.807, 2.05) is 59.5 Å². The highest BCUT2D eigenvalue weighted by molar-refractivity contribution is 6.07. The summed E-state index contributed by atoms with van der Waals surface area (Å²) in [6, 6.07) is 17.8. The molecule has 1 fully saturated rings. The van der Waals surface area contributed by atoms with Gasteiger partial charge in [-0.3, -0.25) is 4.79 Å². The van der Waals surface area contributed by atoms with E-state index in [4.69, 9.17) is 9.72 Å². The van der Waals surface area contributed by atoms with Gasteiger partial charge >= 0.3 is 0 Å². The maximum Gasteiger partial charge on any atom is 0.254 e. The first kappa shape index (κ1) is 20.4. The van der Waals surface area contributed by atoms with Crippen molar-refractivity contribution < 1.29 is 9.53 Å². The number of pyridine rings is 1. The summed E-state index contributed by atoms with van der Waals surface area (Å²) in [4.78, 5) is 19.9. The first-order chi connectivity index (χ1) is 14.8. The first-order valence-electron chi connectivity index (χ1n) is 10.9. The van der Waals surface area contributed by atoms with Crippen molar-refractivity contribution in [2.75, 3.05) is 32.8 Å². The molecule has 30 heavy (non-hydrogen) atoms. The number of ether oxygens (including phenoxy) is 1. The molecule has 1 N–H and O–H groups in total. The average molecular weight is 404 g/mol. The Kier molecular flexibility index (Phi) is 6.60. The number of carbonyl (C=O) groups is 1. The molecule has 3 aromatic rings. The largest absolute Gasteiger partial charge is 0.494 e. The van der Waals surface area contributed by atoms with Crippen LogP contribution in [-0.2, 0) is 0 Å². The SMILES string of the molecule is CCNCCCOc1ccc(-c2cc(C(=O)N3CCCC3)c3ccccc3n2)cc1. The molecule has 0 atom stereocenters. The topological polar surface area (TPSA) is 54.5 Å². The number of aromatic nitrogens is 1. The lowest BCUT2D eigenvalue weighted by Crippen LogP contribution is -2.27. The van der Waals surface area contributed by atoms with E-state index in [-0.39, 0.29) is 5.91 Å². The van der Waals surface area contributed by atoms with E-state index in [1.165, 1.54) is 0 Å². The number of para-hydroxylation sites is 1. The molecule has 5 nitrogen and oxygen atoms in total. The molecule has 1 aliphatic heterocycles. The van der Waals surface area contributed by atoms with Gasteiger partial charge in [-0.2, -0.15) is 0 Å². The normalized spacial score (nSPS) is 13.7. The molecule has 2 aromatic carbocycles. The van der Waals surface area contributed by atoms with E-state index in [2.05, 4.69) is 12.2 Å². The quantitative estimate of drug-likeness (QED) is 0.562. The predicted molar refractivity (Wildman–Crippen MR) is 121 cm³/mol. The molecule has 1 saturated heterocycles. The molecule has 5 heteroatoms. The molecule has 0 spiro atoms. The first-order valence-corrected chi connectivity index (χ1v) is 10.9. The van der Waals surface area contributed by atoms with Crippen molar-refractivity contribution in [3.8, 4) is 17.0 Å².